The van der Waals surface area contributed by atoms with Gasteiger partial charge in [-0.15, -0.1) is 0 Å². The topological polar surface area (TPSA) is 38.0 Å². The van der Waals surface area contributed by atoms with Crippen LogP contribution in [0.1, 0.15) is 19.4 Å². The molecule has 0 radical (unpaired) electrons. The maximum Gasteiger partial charge on any atom is 0.0439 e. The Morgan fingerprint density at radius 2 is 2.00 bits per heavy atom. The molecular weight excluding hydrogens is 287 g/mol. The monoisotopic (exact) mass is 306 g/mol. The van der Waals surface area contributed by atoms with Crippen molar-refractivity contribution in [2.45, 2.75) is 26.3 Å². The van der Waals surface area contributed by atoms with E-state index in [9.17, 15) is 0 Å². The van der Waals surface area contributed by atoms with Crippen LogP contribution in [0, 0.1) is 5.92 Å². The van der Waals surface area contributed by atoms with Crippen molar-refractivity contribution in [3.05, 3.63) is 33.8 Å². The minimum Gasteiger partial charge on any atom is -0.271 e. The third kappa shape index (κ3) is 5.81. The first-order valence-electron chi connectivity index (χ1n) is 6.00. The Hall–Kier alpha value is 0.0700. The van der Waals surface area contributed by atoms with Crippen LogP contribution in [-0.4, -0.2) is 17.5 Å². The molecule has 2 nitrogen and oxygen atoms in total. The maximum absolute atomic E-state index is 6.15. The van der Waals surface area contributed by atoms with E-state index in [-0.39, 0.29) is 6.04 Å². The summed E-state index contributed by atoms with van der Waals surface area (Å²) in [6.45, 7) is 4.43. The lowest BCUT2D eigenvalue weighted by atomic mass is 10.1. The highest BCUT2D eigenvalue weighted by atomic mass is 35.5. The van der Waals surface area contributed by atoms with Crippen LogP contribution in [0.4, 0.5) is 0 Å². The first-order valence-corrected chi connectivity index (χ1v) is 7.91. The zero-order valence-electron chi connectivity index (χ0n) is 10.7. The van der Waals surface area contributed by atoms with E-state index in [1.807, 2.05) is 23.9 Å². The van der Waals surface area contributed by atoms with Crippen molar-refractivity contribution in [1.82, 2.24) is 5.43 Å². The van der Waals surface area contributed by atoms with E-state index in [1.165, 1.54) is 0 Å². The molecule has 0 saturated carbocycles. The van der Waals surface area contributed by atoms with Crippen LogP contribution in [0.2, 0.25) is 10.0 Å². The van der Waals surface area contributed by atoms with Gasteiger partial charge in [0, 0.05) is 21.8 Å². The van der Waals surface area contributed by atoms with E-state index in [0.29, 0.717) is 10.9 Å². The number of halogens is 2. The molecule has 0 aromatic heterocycles. The summed E-state index contributed by atoms with van der Waals surface area (Å²) in [5, 5.41) is 1.45. The fraction of sp³-hybridized carbons (Fsp3) is 0.538. The predicted molar refractivity (Wildman–Crippen MR) is 83.4 cm³/mol. The number of benzene rings is 1. The average Bonchev–Trinajstić information content (AvgIpc) is 2.32. The van der Waals surface area contributed by atoms with Crippen LogP contribution >= 0.6 is 35.0 Å². The number of hydrogen-bond acceptors (Lipinski definition) is 3. The van der Waals surface area contributed by atoms with Crippen LogP contribution in [0.25, 0.3) is 0 Å². The van der Waals surface area contributed by atoms with Gasteiger partial charge in [-0.3, -0.25) is 11.3 Å². The van der Waals surface area contributed by atoms with Crippen molar-refractivity contribution >= 4 is 35.0 Å². The molecule has 0 fully saturated rings. The second-order valence-electron chi connectivity index (χ2n) is 4.73. The summed E-state index contributed by atoms with van der Waals surface area (Å²) in [5.74, 6) is 8.39. The van der Waals surface area contributed by atoms with Crippen LogP contribution in [0.15, 0.2) is 18.2 Å². The van der Waals surface area contributed by atoms with E-state index >= 15 is 0 Å². The van der Waals surface area contributed by atoms with Crippen molar-refractivity contribution < 1.29 is 0 Å². The first-order chi connectivity index (χ1) is 8.52. The van der Waals surface area contributed by atoms with Crippen LogP contribution < -0.4 is 11.3 Å². The third-order valence-corrected chi connectivity index (χ3v) is 4.62. The Balaban J connectivity index is 2.54. The molecular formula is C13H20Cl2N2S. The summed E-state index contributed by atoms with van der Waals surface area (Å²) in [4.78, 5) is 0. The predicted octanol–water partition coefficient (Wildman–Crippen LogP) is 3.76. The Labute approximate surface area is 124 Å². The fourth-order valence-electron chi connectivity index (χ4n) is 1.58. The highest BCUT2D eigenvalue weighted by Gasteiger charge is 2.11. The van der Waals surface area contributed by atoms with Gasteiger partial charge in [-0.2, -0.15) is 11.8 Å². The van der Waals surface area contributed by atoms with E-state index in [0.717, 1.165) is 28.5 Å². The molecule has 1 aromatic rings. The van der Waals surface area contributed by atoms with Crippen molar-refractivity contribution in [1.29, 1.82) is 0 Å². The van der Waals surface area contributed by atoms with Crippen LogP contribution in [0.3, 0.4) is 0 Å². The van der Waals surface area contributed by atoms with Gasteiger partial charge in [0.25, 0.3) is 0 Å². The second kappa shape index (κ2) is 8.28. The van der Waals surface area contributed by atoms with Gasteiger partial charge in [0.1, 0.15) is 0 Å². The van der Waals surface area contributed by atoms with Gasteiger partial charge in [0.2, 0.25) is 0 Å². The summed E-state index contributed by atoms with van der Waals surface area (Å²) in [6.07, 6.45) is 0.793. The zero-order chi connectivity index (χ0) is 13.5. The molecule has 0 saturated heterocycles. The van der Waals surface area contributed by atoms with Gasteiger partial charge in [-0.05, 0) is 41.9 Å². The summed E-state index contributed by atoms with van der Waals surface area (Å²) < 4.78 is 0. The molecule has 0 amide bonds. The minimum atomic E-state index is 0.213. The van der Waals surface area contributed by atoms with Crippen molar-refractivity contribution in [2.24, 2.45) is 11.8 Å². The van der Waals surface area contributed by atoms with E-state index < -0.39 is 0 Å². The molecule has 0 aliphatic rings. The van der Waals surface area contributed by atoms with Crippen molar-refractivity contribution in [3.8, 4) is 0 Å². The van der Waals surface area contributed by atoms with Gasteiger partial charge in [-0.1, -0.05) is 37.0 Å². The maximum atomic E-state index is 6.15. The number of hydrazine groups is 1. The lowest BCUT2D eigenvalue weighted by Crippen LogP contribution is -2.38. The van der Waals surface area contributed by atoms with Crippen LogP contribution in [0.5, 0.6) is 0 Å². The van der Waals surface area contributed by atoms with E-state index in [2.05, 4.69) is 19.3 Å². The Kier molecular flexibility index (Phi) is 7.42. The van der Waals surface area contributed by atoms with Gasteiger partial charge >= 0.3 is 0 Å². The lowest BCUT2D eigenvalue weighted by Gasteiger charge is -2.17. The molecule has 1 unspecified atom stereocenters. The first kappa shape index (κ1) is 16.1. The summed E-state index contributed by atoms with van der Waals surface area (Å²) in [5.41, 5.74) is 3.89. The highest BCUT2D eigenvalue weighted by Crippen LogP contribution is 2.22. The smallest absolute Gasteiger partial charge is 0.0439 e. The van der Waals surface area contributed by atoms with Crippen LogP contribution in [-0.2, 0) is 6.42 Å². The standard InChI is InChI=1S/C13H20Cl2N2S/c1-9(2)7-18-8-12(17-16)6-10-5-11(14)3-4-13(10)15/h3-5,9,12,17H,6-8,16H2,1-2H3. The quantitative estimate of drug-likeness (QED) is 0.595. The van der Waals surface area contributed by atoms with Gasteiger partial charge in [-0.25, -0.2) is 0 Å². The molecule has 5 heteroatoms. The van der Waals surface area contributed by atoms with Crippen molar-refractivity contribution in [3.63, 3.8) is 0 Å². The number of rotatable bonds is 7. The number of hydrogen-bond donors (Lipinski definition) is 2. The van der Waals surface area contributed by atoms with E-state index in [4.69, 9.17) is 29.0 Å². The molecule has 1 atom stereocenters. The number of nitrogens with two attached hydrogens (primary N) is 1. The van der Waals surface area contributed by atoms with Gasteiger partial charge < -0.3 is 0 Å². The molecule has 102 valence electrons. The molecule has 1 rings (SSSR count). The zero-order valence-corrected chi connectivity index (χ0v) is 13.1. The molecule has 18 heavy (non-hydrogen) atoms. The summed E-state index contributed by atoms with van der Waals surface area (Å²) >= 11 is 14.0. The Bertz CT molecular complexity index is 372. The SMILES string of the molecule is CC(C)CSCC(Cc1cc(Cl)ccc1Cl)NN. The van der Waals surface area contributed by atoms with Gasteiger partial charge in [0.15, 0.2) is 0 Å². The largest absolute Gasteiger partial charge is 0.271 e. The number of thioether (sulfide) groups is 1. The fourth-order valence-corrected chi connectivity index (χ4v) is 3.07. The number of nitrogens with one attached hydrogen (secondary N) is 1. The molecule has 0 aliphatic heterocycles. The Morgan fingerprint density at radius 3 is 2.61 bits per heavy atom. The summed E-state index contributed by atoms with van der Waals surface area (Å²) in [7, 11) is 0. The third-order valence-electron chi connectivity index (χ3n) is 2.48. The molecule has 0 spiro atoms. The molecule has 0 aliphatic carbocycles. The minimum absolute atomic E-state index is 0.213. The van der Waals surface area contributed by atoms with E-state index in [1.54, 1.807) is 6.07 Å². The summed E-state index contributed by atoms with van der Waals surface area (Å²) in [6, 6.07) is 5.74. The van der Waals surface area contributed by atoms with Crippen molar-refractivity contribution in [2.75, 3.05) is 11.5 Å². The molecule has 1 aromatic carbocycles. The Morgan fingerprint density at radius 1 is 1.28 bits per heavy atom. The molecule has 3 N–H and O–H groups in total. The molecule has 0 heterocycles. The second-order valence-corrected chi connectivity index (χ2v) is 6.65. The average molecular weight is 307 g/mol. The highest BCUT2D eigenvalue weighted by molar-refractivity contribution is 7.99. The lowest BCUT2D eigenvalue weighted by molar-refractivity contribution is 0.575. The normalized spacial score (nSPS) is 13.0. The van der Waals surface area contributed by atoms with Gasteiger partial charge in [0.05, 0.1) is 0 Å². The molecule has 0 bridgehead atoms.